The molecule has 2 aromatic heterocycles. The number of imidazole rings is 1. The molecule has 0 amide bonds. The average Bonchev–Trinajstić information content (AvgIpc) is 3.41. The van der Waals surface area contributed by atoms with Gasteiger partial charge in [0, 0.05) is 23.9 Å². The van der Waals surface area contributed by atoms with Crippen molar-refractivity contribution in [1.82, 2.24) is 19.7 Å². The van der Waals surface area contributed by atoms with Crippen LogP contribution in [0, 0.1) is 10.8 Å². The number of aromatic hydroxyl groups is 1. The van der Waals surface area contributed by atoms with Crippen LogP contribution in [0.5, 0.6) is 10.9 Å². The van der Waals surface area contributed by atoms with E-state index in [1.165, 1.54) is 11.3 Å². The number of rotatable bonds is 4. The molecule has 2 aliphatic rings. The van der Waals surface area contributed by atoms with Crippen LogP contribution in [0.1, 0.15) is 39.5 Å². The molecule has 2 saturated carbocycles. The van der Waals surface area contributed by atoms with Gasteiger partial charge in [0.1, 0.15) is 18.0 Å². The molecule has 0 saturated heterocycles. The Hall–Kier alpha value is -2.48. The third-order valence-electron chi connectivity index (χ3n) is 6.49. The number of halogens is 1. The monoisotopic (exact) mass is 414 g/mol. The molecule has 8 heteroatoms. The minimum absolute atomic E-state index is 0.0954. The summed E-state index contributed by atoms with van der Waals surface area (Å²) in [6.45, 7) is 4.26. The third-order valence-corrected chi connectivity index (χ3v) is 7.34. The molecule has 6 nitrogen and oxygen atoms in total. The Morgan fingerprint density at radius 3 is 2.90 bits per heavy atom. The lowest BCUT2D eigenvalue weighted by Gasteiger charge is -2.42. The Morgan fingerprint density at radius 2 is 2.14 bits per heavy atom. The normalized spacial score (nSPS) is 31.1. The highest BCUT2D eigenvalue weighted by Gasteiger charge is 2.56. The lowest BCUT2D eigenvalue weighted by molar-refractivity contribution is -0.0415. The van der Waals surface area contributed by atoms with E-state index in [1.54, 1.807) is 35.4 Å². The minimum Gasteiger partial charge on any atom is -0.507 e. The summed E-state index contributed by atoms with van der Waals surface area (Å²) in [6.07, 6.45) is 7.20. The Bertz CT molecular complexity index is 1040. The first-order valence-electron chi connectivity index (χ1n) is 9.81. The molecule has 1 N–H and O–H groups in total. The fraction of sp³-hybridized carbons (Fsp3) is 0.476. The number of phenols is 1. The lowest BCUT2D eigenvalue weighted by Crippen LogP contribution is -2.46. The molecular weight excluding hydrogens is 391 g/mol. The summed E-state index contributed by atoms with van der Waals surface area (Å²) in [6, 6.07) is 5.31. The van der Waals surface area contributed by atoms with Crippen LogP contribution in [0.2, 0.25) is 0 Å². The van der Waals surface area contributed by atoms with Gasteiger partial charge in [-0.05, 0) is 43.2 Å². The van der Waals surface area contributed by atoms with Crippen LogP contribution < -0.4 is 4.74 Å². The van der Waals surface area contributed by atoms with Gasteiger partial charge in [0.2, 0.25) is 0 Å². The maximum absolute atomic E-state index is 15.1. The molecule has 0 aliphatic heterocycles. The largest absolute Gasteiger partial charge is 0.507 e. The van der Waals surface area contributed by atoms with Gasteiger partial charge in [0.25, 0.3) is 5.19 Å². The van der Waals surface area contributed by atoms with Gasteiger partial charge in [-0.25, -0.2) is 9.37 Å². The van der Waals surface area contributed by atoms with Gasteiger partial charge in [-0.1, -0.05) is 30.3 Å². The highest BCUT2D eigenvalue weighted by atomic mass is 32.1. The molecule has 4 atom stereocenters. The van der Waals surface area contributed by atoms with E-state index in [-0.39, 0.29) is 16.6 Å². The summed E-state index contributed by atoms with van der Waals surface area (Å²) >= 11 is 1.23. The topological polar surface area (TPSA) is 73.1 Å². The molecule has 29 heavy (non-hydrogen) atoms. The van der Waals surface area contributed by atoms with Gasteiger partial charge in [-0.15, -0.1) is 5.10 Å². The van der Waals surface area contributed by atoms with Crippen molar-refractivity contribution >= 4 is 11.3 Å². The van der Waals surface area contributed by atoms with Crippen LogP contribution in [-0.2, 0) is 0 Å². The smallest absolute Gasteiger partial charge is 0.294 e. The summed E-state index contributed by atoms with van der Waals surface area (Å²) in [5.74, 6) is 0.0954. The zero-order chi connectivity index (χ0) is 20.2. The molecule has 1 aromatic carbocycles. The number of hydrogen-bond donors (Lipinski definition) is 1. The van der Waals surface area contributed by atoms with Crippen molar-refractivity contribution in [3.8, 4) is 27.2 Å². The van der Waals surface area contributed by atoms with Gasteiger partial charge in [-0.2, -0.15) is 0 Å². The molecule has 2 bridgehead atoms. The highest BCUT2D eigenvalue weighted by molar-refractivity contribution is 7.16. The second-order valence-corrected chi connectivity index (χ2v) is 9.89. The minimum atomic E-state index is -1.01. The molecule has 5 rings (SSSR count). The predicted octanol–water partition coefficient (Wildman–Crippen LogP) is 4.78. The summed E-state index contributed by atoms with van der Waals surface area (Å²) in [5, 5.41) is 19.6. The van der Waals surface area contributed by atoms with Gasteiger partial charge >= 0.3 is 0 Å². The van der Waals surface area contributed by atoms with Gasteiger partial charge in [0.05, 0.1) is 17.6 Å². The van der Waals surface area contributed by atoms with Crippen LogP contribution >= 0.6 is 11.3 Å². The maximum atomic E-state index is 15.1. The summed E-state index contributed by atoms with van der Waals surface area (Å²) in [7, 11) is 0. The molecular formula is C21H23FN4O2S. The quantitative estimate of drug-likeness (QED) is 0.665. The summed E-state index contributed by atoms with van der Waals surface area (Å²) < 4.78 is 22.9. The number of benzene rings is 1. The Labute approximate surface area is 172 Å². The molecule has 0 radical (unpaired) electrons. The predicted molar refractivity (Wildman–Crippen MR) is 108 cm³/mol. The summed E-state index contributed by atoms with van der Waals surface area (Å²) in [5.41, 5.74) is 1.19. The van der Waals surface area contributed by atoms with Crippen LogP contribution in [0.4, 0.5) is 4.39 Å². The number of alkyl halides is 1. The van der Waals surface area contributed by atoms with Gasteiger partial charge in [0.15, 0.2) is 5.01 Å². The average molecular weight is 415 g/mol. The first kappa shape index (κ1) is 18.5. The number of aromatic nitrogens is 4. The van der Waals surface area contributed by atoms with E-state index in [2.05, 4.69) is 22.1 Å². The van der Waals surface area contributed by atoms with Crippen molar-refractivity contribution in [2.75, 3.05) is 0 Å². The van der Waals surface area contributed by atoms with E-state index in [4.69, 9.17) is 4.74 Å². The van der Waals surface area contributed by atoms with Gasteiger partial charge in [-0.3, -0.25) is 0 Å². The molecule has 152 valence electrons. The van der Waals surface area contributed by atoms with Crippen molar-refractivity contribution < 1.29 is 14.2 Å². The molecule has 2 heterocycles. The first-order valence-corrected chi connectivity index (χ1v) is 10.6. The second kappa shape index (κ2) is 6.52. The van der Waals surface area contributed by atoms with Crippen LogP contribution in [0.15, 0.2) is 36.9 Å². The van der Waals surface area contributed by atoms with E-state index >= 15 is 4.39 Å². The third kappa shape index (κ3) is 3.19. The van der Waals surface area contributed by atoms with E-state index < -0.39 is 12.3 Å². The van der Waals surface area contributed by atoms with Crippen LogP contribution in [0.3, 0.4) is 0 Å². The van der Waals surface area contributed by atoms with Gasteiger partial charge < -0.3 is 14.4 Å². The number of hydrogen-bond acceptors (Lipinski definition) is 6. The Morgan fingerprint density at radius 1 is 1.28 bits per heavy atom. The lowest BCUT2D eigenvalue weighted by atomic mass is 9.68. The Kier molecular flexibility index (Phi) is 4.17. The molecule has 0 unspecified atom stereocenters. The zero-order valence-electron chi connectivity index (χ0n) is 16.4. The standard InChI is InChI=1S/C21H23FN4O2S/c1-20-5-6-21(2,11-20)17(22)16(10-20)28-19-25-24-18(29-19)14-4-3-13(9-15(14)27)26-8-7-23-12-26/h3-4,7-9,12,16-17,27H,5-6,10-11H2,1-2H3/t16-,17-,20-,21-/m0/s1. The maximum Gasteiger partial charge on any atom is 0.294 e. The van der Waals surface area contributed by atoms with E-state index in [0.29, 0.717) is 22.2 Å². The molecule has 2 fully saturated rings. The van der Waals surface area contributed by atoms with E-state index in [1.807, 2.05) is 13.0 Å². The van der Waals surface area contributed by atoms with E-state index in [9.17, 15) is 5.11 Å². The van der Waals surface area contributed by atoms with Crippen LogP contribution in [-0.4, -0.2) is 37.1 Å². The summed E-state index contributed by atoms with van der Waals surface area (Å²) in [4.78, 5) is 4.01. The Balaban J connectivity index is 1.36. The molecule has 3 aromatic rings. The van der Waals surface area contributed by atoms with Crippen molar-refractivity contribution in [1.29, 1.82) is 0 Å². The SMILES string of the molecule is C[C@@]12CC[C@@](C)(C1)[C@@H](F)[C@@H](Oc1nnc(-c3ccc(-n4ccnc4)cc3O)s1)C2. The van der Waals surface area contributed by atoms with Crippen LogP contribution in [0.25, 0.3) is 16.3 Å². The fourth-order valence-electron chi connectivity index (χ4n) is 5.06. The zero-order valence-corrected chi connectivity index (χ0v) is 17.2. The number of phenolic OH excluding ortho intramolecular Hbond substituents is 1. The number of fused-ring (bicyclic) bond motifs is 2. The first-order chi connectivity index (χ1) is 13.9. The van der Waals surface area contributed by atoms with Crippen molar-refractivity contribution in [3.63, 3.8) is 0 Å². The van der Waals surface area contributed by atoms with E-state index in [0.717, 1.165) is 24.9 Å². The van der Waals surface area contributed by atoms with Crippen molar-refractivity contribution in [2.45, 2.75) is 51.8 Å². The number of ether oxygens (including phenoxy) is 1. The van der Waals surface area contributed by atoms with Crippen molar-refractivity contribution in [3.05, 3.63) is 36.9 Å². The molecule has 2 aliphatic carbocycles. The molecule has 0 spiro atoms. The second-order valence-electron chi connectivity index (χ2n) is 8.95. The highest BCUT2D eigenvalue weighted by Crippen LogP contribution is 2.59. The van der Waals surface area contributed by atoms with Crippen molar-refractivity contribution in [2.24, 2.45) is 10.8 Å². The fourth-order valence-corrected chi connectivity index (χ4v) is 5.84. The number of nitrogens with zero attached hydrogens (tertiary/aromatic N) is 4.